The Kier molecular flexibility index (Phi) is 5.80. The van der Waals surface area contributed by atoms with E-state index in [2.05, 4.69) is 11.0 Å². The maximum Gasteiger partial charge on any atom is 0.167 e. The zero-order chi connectivity index (χ0) is 15.2. The lowest BCUT2D eigenvalue weighted by Gasteiger charge is -2.26. The van der Waals surface area contributed by atoms with Crippen LogP contribution in [-0.2, 0) is 0 Å². The summed E-state index contributed by atoms with van der Waals surface area (Å²) in [6.07, 6.45) is 4.45. The second kappa shape index (κ2) is 7.60. The van der Waals surface area contributed by atoms with Crippen LogP contribution in [0.25, 0.3) is 0 Å². The number of carbonyl (C=O) groups excluding carboxylic acids is 1. The van der Waals surface area contributed by atoms with Crippen LogP contribution < -0.4 is 4.74 Å². The third kappa shape index (κ3) is 4.31. The van der Waals surface area contributed by atoms with Crippen LogP contribution in [0.2, 0.25) is 0 Å². The Bertz CT molecular complexity index is 490. The largest absolute Gasteiger partial charge is 0.493 e. The summed E-state index contributed by atoms with van der Waals surface area (Å²) in [5.41, 5.74) is 2.93. The lowest BCUT2D eigenvalue weighted by atomic mass is 10.00. The number of piperidine rings is 1. The maximum absolute atomic E-state index is 12.6. The quantitative estimate of drug-likeness (QED) is 0.747. The van der Waals surface area contributed by atoms with E-state index in [9.17, 15) is 4.79 Å². The van der Waals surface area contributed by atoms with E-state index in [1.165, 1.54) is 19.3 Å². The van der Waals surface area contributed by atoms with Crippen molar-refractivity contribution >= 4 is 5.78 Å². The summed E-state index contributed by atoms with van der Waals surface area (Å²) >= 11 is 0. The molecule has 0 N–H and O–H groups in total. The highest BCUT2D eigenvalue weighted by atomic mass is 16.5. The van der Waals surface area contributed by atoms with E-state index in [0.717, 1.165) is 42.1 Å². The number of hydrogen-bond acceptors (Lipinski definition) is 3. The third-order valence-electron chi connectivity index (χ3n) is 4.11. The van der Waals surface area contributed by atoms with Gasteiger partial charge in [-0.05, 0) is 63.9 Å². The summed E-state index contributed by atoms with van der Waals surface area (Å²) in [7, 11) is 0. The molecule has 21 heavy (non-hydrogen) atoms. The Hall–Kier alpha value is -1.35. The van der Waals surface area contributed by atoms with Crippen molar-refractivity contribution < 1.29 is 9.53 Å². The predicted octanol–water partition coefficient (Wildman–Crippen LogP) is 3.76. The molecule has 1 saturated heterocycles. The van der Waals surface area contributed by atoms with Gasteiger partial charge in [0.1, 0.15) is 5.75 Å². The summed E-state index contributed by atoms with van der Waals surface area (Å²) < 4.78 is 5.70. The SMILES string of the molecule is CCOc1c(C)cc(C)cc1C(=O)CCN1CCCCC1. The molecule has 0 aliphatic carbocycles. The van der Waals surface area contributed by atoms with Gasteiger partial charge in [-0.25, -0.2) is 0 Å². The molecular weight excluding hydrogens is 262 g/mol. The molecule has 1 aromatic carbocycles. The van der Waals surface area contributed by atoms with Crippen molar-refractivity contribution in [2.75, 3.05) is 26.2 Å². The highest BCUT2D eigenvalue weighted by Gasteiger charge is 2.17. The Morgan fingerprint density at radius 3 is 2.57 bits per heavy atom. The number of ketones is 1. The monoisotopic (exact) mass is 289 g/mol. The van der Waals surface area contributed by atoms with Gasteiger partial charge in [0, 0.05) is 13.0 Å². The number of ether oxygens (including phenoxy) is 1. The molecular formula is C18H27NO2. The van der Waals surface area contributed by atoms with Crippen LogP contribution in [0.4, 0.5) is 0 Å². The van der Waals surface area contributed by atoms with Crippen LogP contribution in [0, 0.1) is 13.8 Å². The normalized spacial score (nSPS) is 16.0. The number of aryl methyl sites for hydroxylation is 2. The van der Waals surface area contributed by atoms with Crippen molar-refractivity contribution in [3.05, 3.63) is 28.8 Å². The van der Waals surface area contributed by atoms with Crippen LogP contribution in [0.3, 0.4) is 0 Å². The first-order chi connectivity index (χ1) is 10.1. The Morgan fingerprint density at radius 1 is 1.19 bits per heavy atom. The molecule has 0 aromatic heterocycles. The lowest BCUT2D eigenvalue weighted by molar-refractivity contribution is 0.0954. The second-order valence-corrected chi connectivity index (χ2v) is 5.97. The van der Waals surface area contributed by atoms with Gasteiger partial charge in [-0.2, -0.15) is 0 Å². The molecule has 0 radical (unpaired) electrons. The van der Waals surface area contributed by atoms with Gasteiger partial charge in [-0.1, -0.05) is 12.5 Å². The fourth-order valence-electron chi connectivity index (χ4n) is 3.07. The molecule has 1 aliphatic rings. The molecule has 0 saturated carbocycles. The third-order valence-corrected chi connectivity index (χ3v) is 4.11. The van der Waals surface area contributed by atoms with Crippen LogP contribution in [0.15, 0.2) is 12.1 Å². The molecule has 1 aliphatic heterocycles. The molecule has 0 spiro atoms. The van der Waals surface area contributed by atoms with Crippen molar-refractivity contribution in [3.63, 3.8) is 0 Å². The van der Waals surface area contributed by atoms with Crippen LogP contribution in [0.1, 0.15) is 54.1 Å². The minimum Gasteiger partial charge on any atom is -0.493 e. The first-order valence-electron chi connectivity index (χ1n) is 8.11. The minimum atomic E-state index is 0.204. The molecule has 1 aromatic rings. The van der Waals surface area contributed by atoms with Crippen molar-refractivity contribution in [2.24, 2.45) is 0 Å². The number of nitrogens with zero attached hydrogens (tertiary/aromatic N) is 1. The molecule has 3 nitrogen and oxygen atoms in total. The summed E-state index contributed by atoms with van der Waals surface area (Å²) in [6, 6.07) is 4.04. The highest BCUT2D eigenvalue weighted by molar-refractivity contribution is 5.99. The zero-order valence-corrected chi connectivity index (χ0v) is 13.6. The number of likely N-dealkylation sites (tertiary alicyclic amines) is 1. The Labute approximate surface area is 128 Å². The summed E-state index contributed by atoms with van der Waals surface area (Å²) in [5, 5.41) is 0. The summed E-state index contributed by atoms with van der Waals surface area (Å²) in [6.45, 7) is 9.75. The molecule has 2 rings (SSSR count). The minimum absolute atomic E-state index is 0.204. The van der Waals surface area contributed by atoms with Crippen molar-refractivity contribution in [3.8, 4) is 5.75 Å². The van der Waals surface area contributed by atoms with Crippen molar-refractivity contribution in [1.82, 2.24) is 4.90 Å². The van der Waals surface area contributed by atoms with E-state index in [0.29, 0.717) is 13.0 Å². The number of carbonyl (C=O) groups is 1. The summed E-state index contributed by atoms with van der Waals surface area (Å²) in [5.74, 6) is 0.975. The fraction of sp³-hybridized carbons (Fsp3) is 0.611. The molecule has 0 bridgehead atoms. The van der Waals surface area contributed by atoms with E-state index in [1.54, 1.807) is 0 Å². The predicted molar refractivity (Wildman–Crippen MR) is 86.3 cm³/mol. The van der Waals surface area contributed by atoms with Gasteiger partial charge < -0.3 is 9.64 Å². The maximum atomic E-state index is 12.6. The van der Waals surface area contributed by atoms with Gasteiger partial charge in [0.2, 0.25) is 0 Å². The fourth-order valence-corrected chi connectivity index (χ4v) is 3.07. The average Bonchev–Trinajstić information content (AvgIpc) is 2.48. The molecule has 3 heteroatoms. The average molecular weight is 289 g/mol. The Morgan fingerprint density at radius 2 is 1.90 bits per heavy atom. The highest BCUT2D eigenvalue weighted by Crippen LogP contribution is 2.27. The first kappa shape index (κ1) is 16.0. The number of Topliss-reactive ketones (excluding diaryl/α,β-unsaturated/α-hetero) is 1. The first-order valence-corrected chi connectivity index (χ1v) is 8.11. The lowest BCUT2D eigenvalue weighted by Crippen LogP contribution is -2.31. The second-order valence-electron chi connectivity index (χ2n) is 5.97. The van der Waals surface area contributed by atoms with Crippen LogP contribution in [-0.4, -0.2) is 36.9 Å². The van der Waals surface area contributed by atoms with Crippen LogP contribution >= 0.6 is 0 Å². The van der Waals surface area contributed by atoms with Crippen molar-refractivity contribution in [1.29, 1.82) is 0 Å². The van der Waals surface area contributed by atoms with Gasteiger partial charge >= 0.3 is 0 Å². The van der Waals surface area contributed by atoms with Gasteiger partial charge in [0.15, 0.2) is 5.78 Å². The topological polar surface area (TPSA) is 29.5 Å². The number of hydrogen-bond donors (Lipinski definition) is 0. The molecule has 1 fully saturated rings. The number of benzene rings is 1. The van der Waals surface area contributed by atoms with E-state index in [4.69, 9.17) is 4.74 Å². The van der Waals surface area contributed by atoms with E-state index < -0.39 is 0 Å². The van der Waals surface area contributed by atoms with Gasteiger partial charge in [0.25, 0.3) is 0 Å². The Balaban J connectivity index is 2.06. The van der Waals surface area contributed by atoms with Crippen LogP contribution in [0.5, 0.6) is 5.75 Å². The molecule has 1 heterocycles. The summed E-state index contributed by atoms with van der Waals surface area (Å²) in [4.78, 5) is 15.0. The van der Waals surface area contributed by atoms with E-state index >= 15 is 0 Å². The zero-order valence-electron chi connectivity index (χ0n) is 13.6. The molecule has 116 valence electrons. The molecule has 0 unspecified atom stereocenters. The van der Waals surface area contributed by atoms with Gasteiger partial charge in [0.05, 0.1) is 12.2 Å². The van der Waals surface area contributed by atoms with E-state index in [-0.39, 0.29) is 5.78 Å². The van der Waals surface area contributed by atoms with Gasteiger partial charge in [-0.15, -0.1) is 0 Å². The number of rotatable bonds is 6. The smallest absolute Gasteiger partial charge is 0.167 e. The van der Waals surface area contributed by atoms with E-state index in [1.807, 2.05) is 26.8 Å². The molecule has 0 amide bonds. The molecule has 0 atom stereocenters. The van der Waals surface area contributed by atoms with Gasteiger partial charge in [-0.3, -0.25) is 4.79 Å². The standard InChI is InChI=1S/C18H27NO2/c1-4-21-18-15(3)12-14(2)13-16(18)17(20)8-11-19-9-6-5-7-10-19/h12-13H,4-11H2,1-3H3. The van der Waals surface area contributed by atoms with Crippen molar-refractivity contribution in [2.45, 2.75) is 46.5 Å².